The first kappa shape index (κ1) is 18.8. The first-order valence-electron chi connectivity index (χ1n) is 6.97. The van der Waals surface area contributed by atoms with Gasteiger partial charge in [0.05, 0.1) is 30.8 Å². The van der Waals surface area contributed by atoms with Gasteiger partial charge in [-0.3, -0.25) is 0 Å². The maximum Gasteiger partial charge on any atom is 0.344 e. The number of rotatable bonds is 5. The van der Waals surface area contributed by atoms with E-state index in [0.717, 1.165) is 0 Å². The molecule has 10 heteroatoms. The molecule has 8 nitrogen and oxygen atoms in total. The third-order valence-corrected chi connectivity index (χ3v) is 6.20. The van der Waals surface area contributed by atoms with Gasteiger partial charge in [0.25, 0.3) is 0 Å². The van der Waals surface area contributed by atoms with E-state index in [-0.39, 0.29) is 23.5 Å². The molecule has 0 radical (unpaired) electrons. The summed E-state index contributed by atoms with van der Waals surface area (Å²) in [5.74, 6) is -1.52. The van der Waals surface area contributed by atoms with Gasteiger partial charge in [-0.2, -0.15) is 4.31 Å². The molecule has 1 aromatic carbocycles. The molecule has 2 rings (SSSR count). The Morgan fingerprint density at radius 1 is 1.29 bits per heavy atom. The normalized spacial score (nSPS) is 15.8. The number of methoxy groups -OCH3 is 1. The van der Waals surface area contributed by atoms with Gasteiger partial charge in [-0.1, -0.05) is 0 Å². The van der Waals surface area contributed by atoms with E-state index in [4.69, 9.17) is 9.47 Å². The summed E-state index contributed by atoms with van der Waals surface area (Å²) in [6, 6.07) is 4.07. The lowest BCUT2D eigenvalue weighted by Gasteiger charge is -2.26. The second kappa shape index (κ2) is 8.06. The molecule has 0 aliphatic carbocycles. The molecule has 1 heterocycles. The molecule has 0 amide bonds. The molecule has 0 unspecified atom stereocenters. The van der Waals surface area contributed by atoms with Crippen LogP contribution in [0.4, 0.5) is 0 Å². The van der Waals surface area contributed by atoms with E-state index >= 15 is 0 Å². The summed E-state index contributed by atoms with van der Waals surface area (Å²) < 4.78 is 41.3. The predicted octanol–water partition coefficient (Wildman–Crippen LogP) is 0.800. The molecule has 132 valence electrons. The number of halogens is 1. The van der Waals surface area contributed by atoms with Crippen molar-refractivity contribution in [3.63, 3.8) is 0 Å². The second-order valence-corrected chi connectivity index (χ2v) is 7.57. The van der Waals surface area contributed by atoms with Crippen LogP contribution in [0, 0.1) is 0 Å². The minimum atomic E-state index is -3.78. The van der Waals surface area contributed by atoms with Crippen molar-refractivity contribution in [3.8, 4) is 0 Å². The molecular weight excluding hydrogens is 406 g/mol. The van der Waals surface area contributed by atoms with Crippen LogP contribution in [0.3, 0.4) is 0 Å². The van der Waals surface area contributed by atoms with Gasteiger partial charge in [0.15, 0.2) is 6.61 Å². The molecule has 1 aliphatic heterocycles. The first-order chi connectivity index (χ1) is 11.4. The van der Waals surface area contributed by atoms with E-state index in [9.17, 15) is 18.0 Å². The quantitative estimate of drug-likeness (QED) is 0.648. The molecule has 24 heavy (non-hydrogen) atoms. The highest BCUT2D eigenvalue weighted by atomic mass is 79.9. The fraction of sp³-hybridized carbons (Fsp3) is 0.429. The Kier molecular flexibility index (Phi) is 6.33. The maximum absolute atomic E-state index is 12.7. The zero-order valence-corrected chi connectivity index (χ0v) is 15.3. The zero-order chi connectivity index (χ0) is 17.7. The van der Waals surface area contributed by atoms with Crippen LogP contribution in [0.25, 0.3) is 0 Å². The van der Waals surface area contributed by atoms with Gasteiger partial charge in [0, 0.05) is 17.6 Å². The van der Waals surface area contributed by atoms with Crippen LogP contribution in [0.2, 0.25) is 0 Å². The van der Waals surface area contributed by atoms with Gasteiger partial charge in [-0.25, -0.2) is 18.0 Å². The molecule has 0 bridgehead atoms. The van der Waals surface area contributed by atoms with Crippen LogP contribution in [-0.4, -0.2) is 64.7 Å². The topological polar surface area (TPSA) is 99.2 Å². The number of morpholine rings is 1. The Morgan fingerprint density at radius 2 is 1.96 bits per heavy atom. The number of esters is 2. The van der Waals surface area contributed by atoms with Crippen molar-refractivity contribution in [3.05, 3.63) is 28.2 Å². The lowest BCUT2D eigenvalue weighted by Crippen LogP contribution is -2.40. The summed E-state index contributed by atoms with van der Waals surface area (Å²) in [7, 11) is -2.61. The van der Waals surface area contributed by atoms with E-state index in [2.05, 4.69) is 20.7 Å². The Balaban J connectivity index is 2.24. The van der Waals surface area contributed by atoms with E-state index in [1.165, 1.54) is 29.6 Å². The zero-order valence-electron chi connectivity index (χ0n) is 12.9. The molecule has 0 N–H and O–H groups in total. The van der Waals surface area contributed by atoms with Crippen molar-refractivity contribution in [1.29, 1.82) is 0 Å². The average molecular weight is 422 g/mol. The predicted molar refractivity (Wildman–Crippen MR) is 86.0 cm³/mol. The summed E-state index contributed by atoms with van der Waals surface area (Å²) in [4.78, 5) is 22.9. The highest BCUT2D eigenvalue weighted by molar-refractivity contribution is 9.10. The first-order valence-corrected chi connectivity index (χ1v) is 9.21. The van der Waals surface area contributed by atoms with Gasteiger partial charge in [-0.15, -0.1) is 0 Å². The highest BCUT2D eigenvalue weighted by Gasteiger charge is 2.29. The molecule has 0 aromatic heterocycles. The number of sulfonamides is 1. The van der Waals surface area contributed by atoms with Crippen molar-refractivity contribution in [2.45, 2.75) is 4.90 Å². The van der Waals surface area contributed by atoms with Gasteiger partial charge in [0.1, 0.15) is 0 Å². The third-order valence-electron chi connectivity index (χ3n) is 3.30. The summed E-state index contributed by atoms with van der Waals surface area (Å²) in [5.41, 5.74) is 0.0222. The number of nitrogens with zero attached hydrogens (tertiary/aromatic N) is 1. The molecule has 0 saturated carbocycles. The van der Waals surface area contributed by atoms with Crippen LogP contribution in [0.5, 0.6) is 0 Å². The van der Waals surface area contributed by atoms with E-state index in [0.29, 0.717) is 17.7 Å². The number of hydrogen-bond acceptors (Lipinski definition) is 7. The standard InChI is InChI=1S/C14H16BrNO7S/c1-21-13(17)9-23-14(18)10-2-3-11(15)12(8-10)24(19,20)16-4-6-22-7-5-16/h2-3,8H,4-7,9H2,1H3. The molecule has 1 aromatic rings. The van der Waals surface area contributed by atoms with Crippen molar-refractivity contribution in [2.75, 3.05) is 40.0 Å². The highest BCUT2D eigenvalue weighted by Crippen LogP contribution is 2.27. The van der Waals surface area contributed by atoms with Gasteiger partial charge >= 0.3 is 11.9 Å². The molecule has 1 fully saturated rings. The Morgan fingerprint density at radius 3 is 2.58 bits per heavy atom. The average Bonchev–Trinajstić information content (AvgIpc) is 2.60. The Hall–Kier alpha value is -1.49. The SMILES string of the molecule is COC(=O)COC(=O)c1ccc(Br)c(S(=O)(=O)N2CCOCC2)c1. The van der Waals surface area contributed by atoms with Crippen LogP contribution >= 0.6 is 15.9 Å². The van der Waals surface area contributed by atoms with Gasteiger partial charge in [-0.05, 0) is 34.1 Å². The Bertz CT molecular complexity index is 729. The van der Waals surface area contributed by atoms with Gasteiger partial charge < -0.3 is 14.2 Å². The van der Waals surface area contributed by atoms with E-state index in [1.807, 2.05) is 0 Å². The van der Waals surface area contributed by atoms with Crippen molar-refractivity contribution in [2.24, 2.45) is 0 Å². The molecule has 1 saturated heterocycles. The summed E-state index contributed by atoms with van der Waals surface area (Å²) in [6.45, 7) is 0.573. The number of hydrogen-bond donors (Lipinski definition) is 0. The molecule has 1 aliphatic rings. The summed E-state index contributed by atoms with van der Waals surface area (Å²) in [6.07, 6.45) is 0. The number of carbonyl (C=O) groups excluding carboxylic acids is 2. The lowest BCUT2D eigenvalue weighted by atomic mass is 10.2. The maximum atomic E-state index is 12.7. The third kappa shape index (κ3) is 4.32. The Labute approximate surface area is 147 Å². The lowest BCUT2D eigenvalue weighted by molar-refractivity contribution is -0.144. The summed E-state index contributed by atoms with van der Waals surface area (Å²) in [5, 5.41) is 0. The fourth-order valence-corrected chi connectivity index (χ4v) is 4.38. The summed E-state index contributed by atoms with van der Waals surface area (Å²) >= 11 is 3.19. The molecule has 0 spiro atoms. The monoisotopic (exact) mass is 421 g/mol. The van der Waals surface area contributed by atoms with Crippen LogP contribution in [0.1, 0.15) is 10.4 Å². The fourth-order valence-electron chi connectivity index (χ4n) is 2.02. The van der Waals surface area contributed by atoms with Crippen molar-refractivity contribution >= 4 is 37.9 Å². The van der Waals surface area contributed by atoms with Crippen LogP contribution in [-0.2, 0) is 29.0 Å². The smallest absolute Gasteiger partial charge is 0.344 e. The molecule has 0 atom stereocenters. The van der Waals surface area contributed by atoms with Crippen LogP contribution < -0.4 is 0 Å². The largest absolute Gasteiger partial charge is 0.466 e. The van der Waals surface area contributed by atoms with Crippen molar-refractivity contribution in [1.82, 2.24) is 4.31 Å². The van der Waals surface area contributed by atoms with Gasteiger partial charge in [0.2, 0.25) is 10.0 Å². The van der Waals surface area contributed by atoms with Crippen molar-refractivity contribution < 1.29 is 32.2 Å². The number of carbonyl (C=O) groups is 2. The van der Waals surface area contributed by atoms with E-state index in [1.54, 1.807) is 0 Å². The van der Waals surface area contributed by atoms with E-state index < -0.39 is 28.6 Å². The molecular formula is C14H16BrNO7S. The minimum absolute atomic E-state index is 0.0222. The van der Waals surface area contributed by atoms with Crippen LogP contribution in [0.15, 0.2) is 27.6 Å². The number of ether oxygens (including phenoxy) is 3. The second-order valence-electron chi connectivity index (χ2n) is 4.81. The minimum Gasteiger partial charge on any atom is -0.466 e. The number of benzene rings is 1.